The molecule has 1 aliphatic carbocycles. The minimum Gasteiger partial charge on any atom is -0.480 e. The summed E-state index contributed by atoms with van der Waals surface area (Å²) in [5.74, 6) is -2.34. The number of carbonyl (C=O) groups excluding carboxylic acids is 1. The molecular weight excluding hydrogens is 263 g/mol. The van der Waals surface area contributed by atoms with Crippen LogP contribution < -0.4 is 11.1 Å². The van der Waals surface area contributed by atoms with Gasteiger partial charge in [-0.1, -0.05) is 19.3 Å². The van der Waals surface area contributed by atoms with Gasteiger partial charge in [0.2, 0.25) is 0 Å². The maximum atomic E-state index is 13.2. The van der Waals surface area contributed by atoms with E-state index < -0.39 is 23.2 Å². The number of nitrogens with one attached hydrogen (secondary N) is 1. The highest BCUT2D eigenvalue weighted by Crippen LogP contribution is 2.33. The summed E-state index contributed by atoms with van der Waals surface area (Å²) in [4.78, 5) is 22.9. The average molecular weight is 280 g/mol. The SMILES string of the molecule is NC(=O)c1cc(F)ccc1NC1(C(=O)O)CCCCC1. The van der Waals surface area contributed by atoms with Crippen LogP contribution in [0.4, 0.5) is 10.1 Å². The third kappa shape index (κ3) is 2.74. The molecule has 1 aliphatic rings. The van der Waals surface area contributed by atoms with E-state index >= 15 is 0 Å². The number of amides is 1. The van der Waals surface area contributed by atoms with E-state index in [0.717, 1.165) is 25.3 Å². The number of hydrogen-bond donors (Lipinski definition) is 3. The first-order valence-corrected chi connectivity index (χ1v) is 6.55. The van der Waals surface area contributed by atoms with Gasteiger partial charge in [0.15, 0.2) is 0 Å². The Kier molecular flexibility index (Phi) is 3.92. The van der Waals surface area contributed by atoms with E-state index in [9.17, 15) is 19.1 Å². The second kappa shape index (κ2) is 5.48. The predicted octanol–water partition coefficient (Wildman–Crippen LogP) is 2.12. The first kappa shape index (κ1) is 14.3. The highest BCUT2D eigenvalue weighted by Gasteiger charge is 2.40. The van der Waals surface area contributed by atoms with Crippen molar-refractivity contribution < 1.29 is 19.1 Å². The third-order valence-electron chi connectivity index (χ3n) is 3.74. The van der Waals surface area contributed by atoms with E-state index in [1.165, 1.54) is 12.1 Å². The summed E-state index contributed by atoms with van der Waals surface area (Å²) >= 11 is 0. The third-order valence-corrected chi connectivity index (χ3v) is 3.74. The zero-order chi connectivity index (χ0) is 14.8. The number of carboxylic acids is 1. The van der Waals surface area contributed by atoms with Crippen LogP contribution >= 0.6 is 0 Å². The van der Waals surface area contributed by atoms with Crippen molar-refractivity contribution in [2.24, 2.45) is 5.73 Å². The van der Waals surface area contributed by atoms with Gasteiger partial charge in [0.1, 0.15) is 11.4 Å². The lowest BCUT2D eigenvalue weighted by atomic mass is 9.81. The molecule has 0 unspecified atom stereocenters. The summed E-state index contributed by atoms with van der Waals surface area (Å²) in [6.45, 7) is 0. The normalized spacial score (nSPS) is 17.4. The average Bonchev–Trinajstić information content (AvgIpc) is 2.41. The van der Waals surface area contributed by atoms with E-state index in [4.69, 9.17) is 5.73 Å². The molecule has 2 rings (SSSR count). The molecule has 1 fully saturated rings. The lowest BCUT2D eigenvalue weighted by Crippen LogP contribution is -2.48. The molecule has 0 saturated heterocycles. The predicted molar refractivity (Wildman–Crippen MR) is 72.0 cm³/mol. The van der Waals surface area contributed by atoms with Crippen molar-refractivity contribution in [2.45, 2.75) is 37.6 Å². The van der Waals surface area contributed by atoms with E-state index in [0.29, 0.717) is 12.8 Å². The maximum absolute atomic E-state index is 13.2. The number of aliphatic carboxylic acids is 1. The highest BCUT2D eigenvalue weighted by atomic mass is 19.1. The Morgan fingerprint density at radius 2 is 1.90 bits per heavy atom. The summed E-state index contributed by atoms with van der Waals surface area (Å²) in [5, 5.41) is 12.4. The van der Waals surface area contributed by atoms with E-state index in [1.54, 1.807) is 0 Å². The van der Waals surface area contributed by atoms with Crippen LogP contribution in [-0.4, -0.2) is 22.5 Å². The molecule has 1 aromatic rings. The largest absolute Gasteiger partial charge is 0.480 e. The molecular formula is C14H17FN2O3. The fourth-order valence-corrected chi connectivity index (χ4v) is 2.63. The van der Waals surface area contributed by atoms with Gasteiger partial charge in [0.25, 0.3) is 5.91 Å². The number of rotatable bonds is 4. The molecule has 5 nitrogen and oxygen atoms in total. The first-order chi connectivity index (χ1) is 9.44. The number of carbonyl (C=O) groups is 2. The number of nitrogens with two attached hydrogens (primary N) is 1. The molecule has 0 aromatic heterocycles. The fraction of sp³-hybridized carbons (Fsp3) is 0.429. The van der Waals surface area contributed by atoms with Crippen molar-refractivity contribution in [1.29, 1.82) is 0 Å². The molecule has 4 N–H and O–H groups in total. The molecule has 6 heteroatoms. The molecule has 0 atom stereocenters. The number of primary amides is 1. The van der Waals surface area contributed by atoms with Gasteiger partial charge in [-0.05, 0) is 31.0 Å². The molecule has 0 radical (unpaired) electrons. The van der Waals surface area contributed by atoms with Crippen molar-refractivity contribution in [2.75, 3.05) is 5.32 Å². The first-order valence-electron chi connectivity index (χ1n) is 6.55. The molecule has 1 saturated carbocycles. The van der Waals surface area contributed by atoms with Crippen molar-refractivity contribution in [1.82, 2.24) is 0 Å². The van der Waals surface area contributed by atoms with Crippen LogP contribution in [-0.2, 0) is 4.79 Å². The summed E-state index contributed by atoms with van der Waals surface area (Å²) in [7, 11) is 0. The van der Waals surface area contributed by atoms with Crippen molar-refractivity contribution in [3.63, 3.8) is 0 Å². The molecule has 0 aliphatic heterocycles. The Balaban J connectivity index is 2.36. The monoisotopic (exact) mass is 280 g/mol. The maximum Gasteiger partial charge on any atom is 0.329 e. The topological polar surface area (TPSA) is 92.4 Å². The van der Waals surface area contributed by atoms with Crippen molar-refractivity contribution >= 4 is 17.6 Å². The van der Waals surface area contributed by atoms with Crippen LogP contribution in [0.25, 0.3) is 0 Å². The summed E-state index contributed by atoms with van der Waals surface area (Å²) < 4.78 is 13.2. The van der Waals surface area contributed by atoms with Crippen LogP contribution in [0.1, 0.15) is 42.5 Å². The van der Waals surface area contributed by atoms with Crippen LogP contribution in [0.2, 0.25) is 0 Å². The lowest BCUT2D eigenvalue weighted by molar-refractivity contribution is -0.143. The van der Waals surface area contributed by atoms with Gasteiger partial charge in [0.05, 0.1) is 5.56 Å². The fourth-order valence-electron chi connectivity index (χ4n) is 2.63. The molecule has 1 amide bonds. The van der Waals surface area contributed by atoms with E-state index in [2.05, 4.69) is 5.32 Å². The van der Waals surface area contributed by atoms with Gasteiger partial charge in [-0.2, -0.15) is 0 Å². The highest BCUT2D eigenvalue weighted by molar-refractivity contribution is 5.99. The summed E-state index contributed by atoms with van der Waals surface area (Å²) in [6, 6.07) is 3.55. The zero-order valence-corrected chi connectivity index (χ0v) is 11.0. The molecule has 108 valence electrons. The second-order valence-electron chi connectivity index (χ2n) is 5.13. The second-order valence-corrected chi connectivity index (χ2v) is 5.13. The Bertz CT molecular complexity index is 539. The summed E-state index contributed by atoms with van der Waals surface area (Å²) in [5.41, 5.74) is 4.34. The van der Waals surface area contributed by atoms with Gasteiger partial charge >= 0.3 is 5.97 Å². The quantitative estimate of drug-likeness (QED) is 0.787. The van der Waals surface area contributed by atoms with Crippen LogP contribution in [0.15, 0.2) is 18.2 Å². The number of carboxylic acid groups (broad SMARTS) is 1. The van der Waals surface area contributed by atoms with Gasteiger partial charge in [-0.25, -0.2) is 9.18 Å². The van der Waals surface area contributed by atoms with Crippen molar-refractivity contribution in [3.05, 3.63) is 29.6 Å². The van der Waals surface area contributed by atoms with Gasteiger partial charge < -0.3 is 16.2 Å². The number of hydrogen-bond acceptors (Lipinski definition) is 3. The number of halogens is 1. The minimum absolute atomic E-state index is 0.0313. The van der Waals surface area contributed by atoms with Crippen LogP contribution in [0.5, 0.6) is 0 Å². The number of anilines is 1. The Morgan fingerprint density at radius 1 is 1.25 bits per heavy atom. The zero-order valence-electron chi connectivity index (χ0n) is 11.0. The van der Waals surface area contributed by atoms with E-state index in [-0.39, 0.29) is 11.3 Å². The number of benzene rings is 1. The summed E-state index contributed by atoms with van der Waals surface area (Å²) in [6.07, 6.45) is 3.53. The standard InChI is InChI=1S/C14H17FN2O3/c15-9-4-5-11(10(8-9)12(16)18)17-14(13(19)20)6-2-1-3-7-14/h4-5,8,17H,1-3,6-7H2,(H2,16,18)(H,19,20). The molecule has 0 heterocycles. The molecule has 1 aromatic carbocycles. The molecule has 0 spiro atoms. The molecule has 0 bridgehead atoms. The van der Waals surface area contributed by atoms with Crippen LogP contribution in [0.3, 0.4) is 0 Å². The Labute approximate surface area is 116 Å². The van der Waals surface area contributed by atoms with Crippen LogP contribution in [0, 0.1) is 5.82 Å². The lowest BCUT2D eigenvalue weighted by Gasteiger charge is -2.35. The van der Waals surface area contributed by atoms with Crippen molar-refractivity contribution in [3.8, 4) is 0 Å². The minimum atomic E-state index is -1.11. The Morgan fingerprint density at radius 3 is 2.45 bits per heavy atom. The van der Waals surface area contributed by atoms with Gasteiger partial charge in [0, 0.05) is 5.69 Å². The smallest absolute Gasteiger partial charge is 0.329 e. The Hall–Kier alpha value is -2.11. The van der Waals surface area contributed by atoms with E-state index in [1.807, 2.05) is 0 Å². The van der Waals surface area contributed by atoms with Gasteiger partial charge in [-0.3, -0.25) is 4.79 Å². The molecule has 20 heavy (non-hydrogen) atoms. The van der Waals surface area contributed by atoms with Gasteiger partial charge in [-0.15, -0.1) is 0 Å².